The molecule has 27 heavy (non-hydrogen) atoms. The molecular weight excluding hydrogens is 336 g/mol. The molecule has 2 aromatic carbocycles. The fourth-order valence-electron chi connectivity index (χ4n) is 2.84. The first-order chi connectivity index (χ1) is 12.9. The van der Waals surface area contributed by atoms with Crippen LogP contribution in [0.1, 0.15) is 32.9 Å². The first-order valence-corrected chi connectivity index (χ1v) is 8.92. The Kier molecular flexibility index (Phi) is 5.50. The zero-order chi connectivity index (χ0) is 19.4. The molecule has 1 amide bonds. The maximum Gasteiger partial charge on any atom is 0.274 e. The van der Waals surface area contributed by atoms with Crippen molar-refractivity contribution >= 4 is 17.5 Å². The minimum Gasteiger partial charge on any atom is -0.340 e. The van der Waals surface area contributed by atoms with Gasteiger partial charge < -0.3 is 10.2 Å². The number of hydrogen-bond acceptors (Lipinski definition) is 4. The lowest BCUT2D eigenvalue weighted by molar-refractivity contribution is 0.102. The Morgan fingerprint density at radius 2 is 1.74 bits per heavy atom. The quantitative estimate of drug-likeness (QED) is 0.737. The lowest BCUT2D eigenvalue weighted by Crippen LogP contribution is -2.22. The van der Waals surface area contributed by atoms with Gasteiger partial charge in [-0.25, -0.2) is 9.97 Å². The van der Waals surface area contributed by atoms with Crippen LogP contribution in [0.3, 0.4) is 0 Å². The number of rotatable bonds is 5. The Morgan fingerprint density at radius 1 is 1.00 bits per heavy atom. The van der Waals surface area contributed by atoms with E-state index in [1.807, 2.05) is 69.1 Å². The summed E-state index contributed by atoms with van der Waals surface area (Å²) in [6.07, 6.45) is 0. The van der Waals surface area contributed by atoms with E-state index < -0.39 is 0 Å². The van der Waals surface area contributed by atoms with Crippen LogP contribution >= 0.6 is 0 Å². The number of aryl methyl sites for hydroxylation is 2. The number of nitrogens with one attached hydrogen (secondary N) is 1. The van der Waals surface area contributed by atoms with Crippen molar-refractivity contribution in [1.29, 1.82) is 0 Å². The van der Waals surface area contributed by atoms with E-state index in [2.05, 4.69) is 27.4 Å². The highest BCUT2D eigenvalue weighted by atomic mass is 16.1. The van der Waals surface area contributed by atoms with Gasteiger partial charge >= 0.3 is 0 Å². The van der Waals surface area contributed by atoms with Gasteiger partial charge in [-0.15, -0.1) is 0 Å². The number of amides is 1. The topological polar surface area (TPSA) is 58.1 Å². The van der Waals surface area contributed by atoms with Crippen LogP contribution < -0.4 is 10.2 Å². The Hall–Kier alpha value is -3.21. The SMILES string of the molecule is Cc1cc(C(=O)Nc2cccc(C)c2C)nc(N(C)Cc2ccccc2)n1. The monoisotopic (exact) mass is 360 g/mol. The van der Waals surface area contributed by atoms with Crippen LogP contribution in [0.4, 0.5) is 11.6 Å². The highest BCUT2D eigenvalue weighted by molar-refractivity contribution is 6.03. The third-order valence-electron chi connectivity index (χ3n) is 4.53. The standard InChI is InChI=1S/C22H24N4O/c1-15-9-8-12-19(17(15)3)24-21(27)20-13-16(2)23-22(25-20)26(4)14-18-10-6-5-7-11-18/h5-13H,14H2,1-4H3,(H,24,27). The molecule has 0 unspecified atom stereocenters. The summed E-state index contributed by atoms with van der Waals surface area (Å²) in [5.74, 6) is 0.300. The fraction of sp³-hybridized carbons (Fsp3) is 0.227. The van der Waals surface area contributed by atoms with Crippen LogP contribution in [-0.2, 0) is 6.54 Å². The van der Waals surface area contributed by atoms with Crippen molar-refractivity contribution in [2.75, 3.05) is 17.3 Å². The van der Waals surface area contributed by atoms with Crippen molar-refractivity contribution in [3.8, 4) is 0 Å². The van der Waals surface area contributed by atoms with Crippen molar-refractivity contribution in [3.05, 3.63) is 82.7 Å². The van der Waals surface area contributed by atoms with Gasteiger partial charge in [0.05, 0.1) is 0 Å². The lowest BCUT2D eigenvalue weighted by atomic mass is 10.1. The summed E-state index contributed by atoms with van der Waals surface area (Å²) >= 11 is 0. The number of aromatic nitrogens is 2. The first-order valence-electron chi connectivity index (χ1n) is 8.92. The molecule has 0 atom stereocenters. The molecular formula is C22H24N4O. The van der Waals surface area contributed by atoms with Crippen molar-refractivity contribution in [2.45, 2.75) is 27.3 Å². The molecule has 1 N–H and O–H groups in total. The molecule has 138 valence electrons. The van der Waals surface area contributed by atoms with E-state index >= 15 is 0 Å². The Bertz CT molecular complexity index is 954. The number of carbonyl (C=O) groups excluding carboxylic acids is 1. The molecule has 5 nitrogen and oxygen atoms in total. The van der Waals surface area contributed by atoms with Crippen LogP contribution in [-0.4, -0.2) is 22.9 Å². The summed E-state index contributed by atoms with van der Waals surface area (Å²) in [5.41, 5.74) is 5.26. The van der Waals surface area contributed by atoms with Gasteiger partial charge in [-0.1, -0.05) is 42.5 Å². The fourth-order valence-corrected chi connectivity index (χ4v) is 2.84. The third kappa shape index (κ3) is 4.50. The predicted molar refractivity (Wildman–Crippen MR) is 109 cm³/mol. The van der Waals surface area contributed by atoms with Gasteiger partial charge in [-0.05, 0) is 49.6 Å². The highest BCUT2D eigenvalue weighted by Gasteiger charge is 2.14. The number of benzene rings is 2. The zero-order valence-electron chi connectivity index (χ0n) is 16.2. The molecule has 0 saturated heterocycles. The molecule has 5 heteroatoms. The van der Waals surface area contributed by atoms with Gasteiger partial charge in [0.15, 0.2) is 0 Å². The third-order valence-corrected chi connectivity index (χ3v) is 4.53. The predicted octanol–water partition coefficient (Wildman–Crippen LogP) is 4.29. The Balaban J connectivity index is 1.82. The van der Waals surface area contributed by atoms with Gasteiger partial charge in [-0.2, -0.15) is 0 Å². The van der Waals surface area contributed by atoms with Crippen molar-refractivity contribution in [1.82, 2.24) is 9.97 Å². The molecule has 0 fully saturated rings. The van der Waals surface area contributed by atoms with E-state index in [1.165, 1.54) is 0 Å². The molecule has 0 aliphatic rings. The second-order valence-corrected chi connectivity index (χ2v) is 6.74. The summed E-state index contributed by atoms with van der Waals surface area (Å²) in [6.45, 7) is 6.56. The summed E-state index contributed by atoms with van der Waals surface area (Å²) in [6, 6.07) is 17.7. The molecule has 0 spiro atoms. The van der Waals surface area contributed by atoms with Gasteiger partial charge in [0, 0.05) is 25.0 Å². The molecule has 3 rings (SSSR count). The minimum absolute atomic E-state index is 0.233. The van der Waals surface area contributed by atoms with Crippen LogP contribution in [0, 0.1) is 20.8 Å². The maximum atomic E-state index is 12.7. The highest BCUT2D eigenvalue weighted by Crippen LogP contribution is 2.19. The van der Waals surface area contributed by atoms with E-state index in [4.69, 9.17) is 0 Å². The number of hydrogen-bond donors (Lipinski definition) is 1. The number of carbonyl (C=O) groups is 1. The minimum atomic E-state index is -0.233. The van der Waals surface area contributed by atoms with E-state index in [9.17, 15) is 4.79 Å². The molecule has 0 radical (unpaired) electrons. The van der Waals surface area contributed by atoms with Crippen molar-refractivity contribution < 1.29 is 4.79 Å². The number of anilines is 2. The summed E-state index contributed by atoms with van der Waals surface area (Å²) in [7, 11) is 1.92. The second-order valence-electron chi connectivity index (χ2n) is 6.74. The summed E-state index contributed by atoms with van der Waals surface area (Å²) < 4.78 is 0. The number of nitrogens with zero attached hydrogens (tertiary/aromatic N) is 3. The smallest absolute Gasteiger partial charge is 0.274 e. The molecule has 1 heterocycles. The average Bonchev–Trinajstić information content (AvgIpc) is 2.65. The van der Waals surface area contributed by atoms with Gasteiger partial charge in [0.25, 0.3) is 5.91 Å². The van der Waals surface area contributed by atoms with Crippen molar-refractivity contribution in [3.63, 3.8) is 0 Å². The van der Waals surface area contributed by atoms with Gasteiger partial charge in [0.1, 0.15) is 5.69 Å². The normalized spacial score (nSPS) is 10.5. The van der Waals surface area contributed by atoms with Crippen LogP contribution in [0.25, 0.3) is 0 Å². The Labute approximate surface area is 160 Å². The molecule has 0 aliphatic carbocycles. The summed E-state index contributed by atoms with van der Waals surface area (Å²) in [5, 5.41) is 2.96. The van der Waals surface area contributed by atoms with E-state index in [1.54, 1.807) is 6.07 Å². The Morgan fingerprint density at radius 3 is 2.48 bits per heavy atom. The van der Waals surface area contributed by atoms with Gasteiger partial charge in [-0.3, -0.25) is 4.79 Å². The average molecular weight is 360 g/mol. The van der Waals surface area contributed by atoms with Gasteiger partial charge in [0.2, 0.25) is 5.95 Å². The van der Waals surface area contributed by atoms with Crippen LogP contribution in [0.5, 0.6) is 0 Å². The zero-order valence-corrected chi connectivity index (χ0v) is 16.2. The molecule has 0 aliphatic heterocycles. The lowest BCUT2D eigenvalue weighted by Gasteiger charge is -2.18. The first kappa shape index (κ1) is 18.6. The summed E-state index contributed by atoms with van der Waals surface area (Å²) in [4.78, 5) is 23.7. The van der Waals surface area contributed by atoms with Crippen molar-refractivity contribution in [2.24, 2.45) is 0 Å². The van der Waals surface area contributed by atoms with E-state index in [-0.39, 0.29) is 5.91 Å². The molecule has 3 aromatic rings. The second kappa shape index (κ2) is 7.99. The molecule has 1 aromatic heterocycles. The molecule has 0 saturated carbocycles. The van der Waals surface area contributed by atoms with E-state index in [0.717, 1.165) is 28.1 Å². The van der Waals surface area contributed by atoms with Crippen LogP contribution in [0.2, 0.25) is 0 Å². The largest absolute Gasteiger partial charge is 0.340 e. The maximum absolute atomic E-state index is 12.7. The molecule has 0 bridgehead atoms. The van der Waals surface area contributed by atoms with Crippen LogP contribution in [0.15, 0.2) is 54.6 Å². The van der Waals surface area contributed by atoms with E-state index in [0.29, 0.717) is 18.2 Å².